The number of hydrogen-bond donors (Lipinski definition) is 0. The molecule has 4 rings (SSSR count). The molecule has 2 fully saturated rings. The summed E-state index contributed by atoms with van der Waals surface area (Å²) < 4.78 is 5.38. The Bertz CT molecular complexity index is 805. The van der Waals surface area contributed by atoms with Crippen LogP contribution in [0.4, 0.5) is 11.4 Å². The lowest BCUT2D eigenvalue weighted by atomic mass is 9.95. The summed E-state index contributed by atoms with van der Waals surface area (Å²) >= 11 is 0. The first-order valence-electron chi connectivity index (χ1n) is 11.1. The molecule has 156 valence electrons. The number of hydrogen-bond acceptors (Lipinski definition) is 4. The first-order chi connectivity index (χ1) is 14.1. The van der Waals surface area contributed by atoms with Gasteiger partial charge in [0.2, 0.25) is 0 Å². The number of ether oxygens (including phenoxy) is 1. The molecule has 0 radical (unpaired) electrons. The van der Waals surface area contributed by atoms with Crippen LogP contribution in [0, 0.1) is 19.8 Å². The fourth-order valence-corrected chi connectivity index (χ4v) is 4.66. The Balaban J connectivity index is 1.24. The molecular weight excluding hydrogens is 358 g/mol. The molecule has 0 bridgehead atoms. The van der Waals surface area contributed by atoms with Crippen molar-refractivity contribution in [3.63, 3.8) is 0 Å². The zero-order valence-electron chi connectivity index (χ0n) is 18.2. The average molecular weight is 394 g/mol. The number of nitrogens with zero attached hydrogens (tertiary/aromatic N) is 3. The largest absolute Gasteiger partial charge is 0.497 e. The highest BCUT2D eigenvalue weighted by Gasteiger charge is 2.24. The molecule has 4 nitrogen and oxygen atoms in total. The van der Waals surface area contributed by atoms with E-state index in [2.05, 4.69) is 64.9 Å². The van der Waals surface area contributed by atoms with E-state index in [1.54, 1.807) is 7.11 Å². The van der Waals surface area contributed by atoms with E-state index in [1.807, 2.05) is 6.07 Å². The first-order valence-corrected chi connectivity index (χ1v) is 11.1. The minimum absolute atomic E-state index is 0.824. The van der Waals surface area contributed by atoms with Crippen molar-refractivity contribution < 1.29 is 4.74 Å². The van der Waals surface area contributed by atoms with Crippen LogP contribution in [0.2, 0.25) is 0 Å². The summed E-state index contributed by atoms with van der Waals surface area (Å²) in [6.07, 6.45) is 2.57. The third-order valence-electron chi connectivity index (χ3n) is 6.78. The van der Waals surface area contributed by atoms with Crippen molar-refractivity contribution in [2.45, 2.75) is 26.7 Å². The van der Waals surface area contributed by atoms with Gasteiger partial charge in [-0.2, -0.15) is 0 Å². The summed E-state index contributed by atoms with van der Waals surface area (Å²) in [6.45, 7) is 12.6. The highest BCUT2D eigenvalue weighted by atomic mass is 16.5. The van der Waals surface area contributed by atoms with E-state index in [0.29, 0.717) is 0 Å². The number of methoxy groups -OCH3 is 1. The molecule has 0 atom stereocenters. The van der Waals surface area contributed by atoms with Crippen LogP contribution in [-0.2, 0) is 0 Å². The summed E-state index contributed by atoms with van der Waals surface area (Å²) in [4.78, 5) is 7.74. The van der Waals surface area contributed by atoms with Gasteiger partial charge in [-0.3, -0.25) is 4.90 Å². The van der Waals surface area contributed by atoms with Crippen molar-refractivity contribution in [3.05, 3.63) is 53.6 Å². The standard InChI is InChI=1S/C25H35N3O/c1-20-7-8-24(17-21(20)2)28-15-13-26(14-16-28)19-22-9-11-27(12-10-22)23-5-4-6-25(18-23)29-3/h4-8,17-18,22H,9-16,19H2,1-3H3. The maximum Gasteiger partial charge on any atom is 0.120 e. The molecule has 2 aromatic rings. The maximum atomic E-state index is 5.38. The molecule has 0 N–H and O–H groups in total. The van der Waals surface area contributed by atoms with Gasteiger partial charge < -0.3 is 14.5 Å². The normalized spacial score (nSPS) is 18.9. The Hall–Kier alpha value is -2.20. The Labute approximate surface area is 176 Å². The van der Waals surface area contributed by atoms with Gasteiger partial charge in [0.1, 0.15) is 5.75 Å². The molecule has 2 aliphatic heterocycles. The molecule has 0 unspecified atom stereocenters. The van der Waals surface area contributed by atoms with Gasteiger partial charge >= 0.3 is 0 Å². The van der Waals surface area contributed by atoms with Crippen LogP contribution in [-0.4, -0.2) is 57.8 Å². The molecule has 0 spiro atoms. The van der Waals surface area contributed by atoms with Gasteiger partial charge in [-0.05, 0) is 68.0 Å². The quantitative estimate of drug-likeness (QED) is 0.752. The molecule has 0 saturated carbocycles. The first kappa shape index (κ1) is 20.1. The van der Waals surface area contributed by atoms with E-state index in [0.717, 1.165) is 37.8 Å². The molecule has 0 aliphatic carbocycles. The number of anilines is 2. The number of piperazine rings is 1. The molecule has 2 saturated heterocycles. The van der Waals surface area contributed by atoms with Crippen molar-refractivity contribution in [1.29, 1.82) is 0 Å². The van der Waals surface area contributed by atoms with Crippen LogP contribution >= 0.6 is 0 Å². The smallest absolute Gasteiger partial charge is 0.120 e. The highest BCUT2D eigenvalue weighted by Crippen LogP contribution is 2.27. The number of rotatable bonds is 5. The van der Waals surface area contributed by atoms with Gasteiger partial charge in [0.15, 0.2) is 0 Å². The van der Waals surface area contributed by atoms with Crippen LogP contribution in [0.25, 0.3) is 0 Å². The summed E-state index contributed by atoms with van der Waals surface area (Å²) in [5, 5.41) is 0. The number of piperidine rings is 1. The lowest BCUT2D eigenvalue weighted by Gasteiger charge is -2.40. The third kappa shape index (κ3) is 4.87. The predicted molar refractivity (Wildman–Crippen MR) is 123 cm³/mol. The second kappa shape index (κ2) is 9.08. The Morgan fingerprint density at radius 3 is 2.17 bits per heavy atom. The summed E-state index contributed by atoms with van der Waals surface area (Å²) in [5.74, 6) is 1.77. The highest BCUT2D eigenvalue weighted by molar-refractivity contribution is 5.52. The Morgan fingerprint density at radius 2 is 1.48 bits per heavy atom. The second-order valence-corrected chi connectivity index (χ2v) is 8.69. The number of benzene rings is 2. The van der Waals surface area contributed by atoms with E-state index in [4.69, 9.17) is 4.74 Å². The lowest BCUT2D eigenvalue weighted by molar-refractivity contribution is 0.201. The van der Waals surface area contributed by atoms with E-state index in [1.165, 1.54) is 55.0 Å². The minimum Gasteiger partial charge on any atom is -0.497 e. The lowest BCUT2D eigenvalue weighted by Crippen LogP contribution is -2.49. The van der Waals surface area contributed by atoms with Crippen molar-refractivity contribution in [3.8, 4) is 5.75 Å². The summed E-state index contributed by atoms with van der Waals surface area (Å²) in [7, 11) is 1.74. The molecule has 29 heavy (non-hydrogen) atoms. The fourth-order valence-electron chi connectivity index (χ4n) is 4.66. The molecule has 2 heterocycles. The monoisotopic (exact) mass is 393 g/mol. The van der Waals surface area contributed by atoms with Gasteiger partial charge in [0, 0.05) is 63.3 Å². The Morgan fingerprint density at radius 1 is 0.793 bits per heavy atom. The molecule has 4 heteroatoms. The zero-order chi connectivity index (χ0) is 20.2. The fraction of sp³-hybridized carbons (Fsp3) is 0.520. The van der Waals surface area contributed by atoms with Crippen LogP contribution in [0.3, 0.4) is 0 Å². The van der Waals surface area contributed by atoms with E-state index in [9.17, 15) is 0 Å². The minimum atomic E-state index is 0.824. The predicted octanol–water partition coefficient (Wildman–Crippen LogP) is 4.35. The SMILES string of the molecule is COc1cccc(N2CCC(CN3CCN(c4ccc(C)c(C)c4)CC3)CC2)c1. The van der Waals surface area contributed by atoms with Crippen LogP contribution < -0.4 is 14.5 Å². The van der Waals surface area contributed by atoms with Crippen molar-refractivity contribution in [2.24, 2.45) is 5.92 Å². The molecular formula is C25H35N3O. The van der Waals surface area contributed by atoms with Crippen molar-refractivity contribution in [2.75, 3.05) is 62.7 Å². The summed E-state index contributed by atoms with van der Waals surface area (Å²) in [6, 6.07) is 15.4. The van der Waals surface area contributed by atoms with Crippen LogP contribution in [0.15, 0.2) is 42.5 Å². The molecule has 0 amide bonds. The van der Waals surface area contributed by atoms with E-state index >= 15 is 0 Å². The molecule has 0 aromatic heterocycles. The second-order valence-electron chi connectivity index (χ2n) is 8.69. The van der Waals surface area contributed by atoms with Crippen LogP contribution in [0.5, 0.6) is 5.75 Å². The topological polar surface area (TPSA) is 19.0 Å². The zero-order valence-corrected chi connectivity index (χ0v) is 18.2. The summed E-state index contributed by atoms with van der Waals surface area (Å²) in [5.41, 5.74) is 5.46. The molecule has 2 aromatic carbocycles. The van der Waals surface area contributed by atoms with E-state index in [-0.39, 0.29) is 0 Å². The average Bonchev–Trinajstić information content (AvgIpc) is 2.77. The van der Waals surface area contributed by atoms with Gasteiger partial charge in [0.25, 0.3) is 0 Å². The molecule has 2 aliphatic rings. The van der Waals surface area contributed by atoms with Crippen LogP contribution in [0.1, 0.15) is 24.0 Å². The van der Waals surface area contributed by atoms with Crippen molar-refractivity contribution in [1.82, 2.24) is 4.90 Å². The third-order valence-corrected chi connectivity index (χ3v) is 6.78. The van der Waals surface area contributed by atoms with E-state index < -0.39 is 0 Å². The van der Waals surface area contributed by atoms with Gasteiger partial charge in [-0.15, -0.1) is 0 Å². The van der Waals surface area contributed by atoms with Gasteiger partial charge in [-0.25, -0.2) is 0 Å². The van der Waals surface area contributed by atoms with Crippen molar-refractivity contribution >= 4 is 11.4 Å². The maximum absolute atomic E-state index is 5.38. The van der Waals surface area contributed by atoms with Gasteiger partial charge in [0.05, 0.1) is 7.11 Å². The van der Waals surface area contributed by atoms with Gasteiger partial charge in [-0.1, -0.05) is 12.1 Å². The number of aryl methyl sites for hydroxylation is 2. The Kier molecular flexibility index (Phi) is 6.29.